The zero-order valence-electron chi connectivity index (χ0n) is 51.3. The van der Waals surface area contributed by atoms with Crippen molar-refractivity contribution in [1.82, 2.24) is 5.32 Å². The standard InChI is InChI=1S/C70H133NO5/c1-3-5-7-9-11-13-15-17-18-37-40-44-48-52-56-60-64-70(75)76-65-61-57-53-49-45-41-38-35-33-31-29-27-25-23-21-19-20-22-24-26-28-30-32-34-36-39-43-47-51-55-59-63-69(74)71-67(66-72)68(73)62-58-54-50-46-42-16-14-12-10-8-6-4-2/h18,21,23,37,58,62,67-68,72-73H,3-17,19-20,22,24-36,38-57,59-61,63-66H2,1-2H3,(H,71,74)/b23-21-,37-18-,62-58+. The highest BCUT2D eigenvalue weighted by atomic mass is 16.5. The van der Waals surface area contributed by atoms with E-state index in [2.05, 4.69) is 43.5 Å². The highest BCUT2D eigenvalue weighted by Crippen LogP contribution is 2.18. The van der Waals surface area contributed by atoms with Crippen molar-refractivity contribution >= 4 is 11.9 Å². The van der Waals surface area contributed by atoms with Gasteiger partial charge < -0.3 is 20.3 Å². The highest BCUT2D eigenvalue weighted by molar-refractivity contribution is 5.76. The molecule has 2 unspecified atom stereocenters. The summed E-state index contributed by atoms with van der Waals surface area (Å²) >= 11 is 0. The largest absolute Gasteiger partial charge is 0.466 e. The number of ether oxygens (including phenoxy) is 1. The second-order valence-corrected chi connectivity index (χ2v) is 23.5. The Morgan fingerprint density at radius 3 is 0.934 bits per heavy atom. The molecule has 0 aliphatic carbocycles. The summed E-state index contributed by atoms with van der Waals surface area (Å²) in [5, 5.41) is 23.1. The molecule has 0 fully saturated rings. The first-order valence-corrected chi connectivity index (χ1v) is 34.3. The van der Waals surface area contributed by atoms with Crippen LogP contribution in [0.2, 0.25) is 0 Å². The summed E-state index contributed by atoms with van der Waals surface area (Å²) in [6.45, 7) is 4.91. The topological polar surface area (TPSA) is 95.9 Å². The van der Waals surface area contributed by atoms with E-state index in [9.17, 15) is 19.8 Å². The predicted octanol–water partition coefficient (Wildman–Crippen LogP) is 21.9. The van der Waals surface area contributed by atoms with Crippen molar-refractivity contribution in [2.75, 3.05) is 13.2 Å². The fourth-order valence-electron chi connectivity index (χ4n) is 10.6. The first-order valence-electron chi connectivity index (χ1n) is 34.3. The van der Waals surface area contributed by atoms with Crippen molar-refractivity contribution in [3.63, 3.8) is 0 Å². The van der Waals surface area contributed by atoms with Crippen molar-refractivity contribution in [3.8, 4) is 0 Å². The molecule has 0 aromatic carbocycles. The van der Waals surface area contributed by atoms with Gasteiger partial charge in [0.15, 0.2) is 0 Å². The molecule has 448 valence electrons. The zero-order valence-corrected chi connectivity index (χ0v) is 51.3. The van der Waals surface area contributed by atoms with E-state index in [0.29, 0.717) is 19.4 Å². The fourth-order valence-corrected chi connectivity index (χ4v) is 10.6. The quantitative estimate of drug-likeness (QED) is 0.0320. The third-order valence-corrected chi connectivity index (χ3v) is 15.9. The third-order valence-electron chi connectivity index (χ3n) is 15.9. The summed E-state index contributed by atoms with van der Waals surface area (Å²) in [7, 11) is 0. The minimum absolute atomic E-state index is 0.0102. The van der Waals surface area contributed by atoms with Gasteiger partial charge in [0, 0.05) is 12.8 Å². The van der Waals surface area contributed by atoms with Crippen LogP contribution < -0.4 is 5.32 Å². The van der Waals surface area contributed by atoms with E-state index in [1.807, 2.05) is 6.08 Å². The molecule has 0 aliphatic rings. The predicted molar refractivity (Wildman–Crippen MR) is 333 cm³/mol. The lowest BCUT2D eigenvalue weighted by atomic mass is 10.0. The molecule has 0 aromatic heterocycles. The zero-order chi connectivity index (χ0) is 55.0. The molecule has 0 heterocycles. The maximum Gasteiger partial charge on any atom is 0.305 e. The van der Waals surface area contributed by atoms with Gasteiger partial charge >= 0.3 is 5.97 Å². The van der Waals surface area contributed by atoms with Crippen LogP contribution in [0.15, 0.2) is 36.5 Å². The smallest absolute Gasteiger partial charge is 0.305 e. The Hall–Kier alpha value is -1.92. The van der Waals surface area contributed by atoms with Gasteiger partial charge in [-0.05, 0) is 83.5 Å². The number of aliphatic hydroxyl groups excluding tert-OH is 2. The monoisotopic (exact) mass is 1070 g/mol. The molecule has 0 bridgehead atoms. The number of aliphatic hydroxyl groups is 2. The number of nitrogens with one attached hydrogen (secondary N) is 1. The SMILES string of the molecule is CCCCCCCCC/C=C\CCCCCCCC(=O)OCCCCCCCCCCCCCC/C=C\CCCCCCCCCCCCCCCCCC(=O)NC(CO)C(O)/C=C/CCCCCCCCCCCC. The van der Waals surface area contributed by atoms with E-state index in [1.54, 1.807) is 6.08 Å². The van der Waals surface area contributed by atoms with Crippen LogP contribution in [0.25, 0.3) is 0 Å². The number of allylic oxidation sites excluding steroid dienone is 5. The maximum atomic E-state index is 12.4. The fraction of sp³-hybridized carbons (Fsp3) is 0.886. The molecular formula is C70H133NO5. The van der Waals surface area contributed by atoms with Crippen LogP contribution in [0.3, 0.4) is 0 Å². The molecule has 0 spiro atoms. The second-order valence-electron chi connectivity index (χ2n) is 23.5. The van der Waals surface area contributed by atoms with Crippen LogP contribution in [-0.4, -0.2) is 47.4 Å². The Balaban J connectivity index is 3.36. The molecule has 6 heteroatoms. The summed E-state index contributed by atoms with van der Waals surface area (Å²) in [5.41, 5.74) is 0. The number of rotatable bonds is 64. The number of carbonyl (C=O) groups is 2. The molecule has 1 amide bonds. The third kappa shape index (κ3) is 61.3. The number of amides is 1. The Labute approximate surface area is 474 Å². The molecular weight excluding hydrogens is 935 g/mol. The minimum Gasteiger partial charge on any atom is -0.466 e. The van der Waals surface area contributed by atoms with Crippen molar-refractivity contribution < 1.29 is 24.5 Å². The van der Waals surface area contributed by atoms with Gasteiger partial charge in [0.05, 0.1) is 25.4 Å². The van der Waals surface area contributed by atoms with Crippen LogP contribution in [0.4, 0.5) is 0 Å². The summed E-state index contributed by atoms with van der Waals surface area (Å²) < 4.78 is 5.49. The van der Waals surface area contributed by atoms with Crippen LogP contribution in [-0.2, 0) is 14.3 Å². The van der Waals surface area contributed by atoms with Crippen molar-refractivity contribution in [2.24, 2.45) is 0 Å². The molecule has 0 aromatic rings. The molecule has 2 atom stereocenters. The van der Waals surface area contributed by atoms with Crippen LogP contribution in [0.1, 0.15) is 373 Å². The van der Waals surface area contributed by atoms with E-state index in [4.69, 9.17) is 4.74 Å². The van der Waals surface area contributed by atoms with Crippen molar-refractivity contribution in [3.05, 3.63) is 36.5 Å². The summed E-state index contributed by atoms with van der Waals surface area (Å²) in [6.07, 6.45) is 83.7. The Bertz CT molecular complexity index is 1230. The average molecular weight is 1070 g/mol. The van der Waals surface area contributed by atoms with Gasteiger partial charge in [0.2, 0.25) is 5.91 Å². The van der Waals surface area contributed by atoms with Gasteiger partial charge in [0.1, 0.15) is 0 Å². The van der Waals surface area contributed by atoms with Crippen LogP contribution in [0, 0.1) is 0 Å². The number of hydrogen-bond acceptors (Lipinski definition) is 5. The van der Waals surface area contributed by atoms with Gasteiger partial charge in [-0.1, -0.05) is 314 Å². The van der Waals surface area contributed by atoms with Crippen molar-refractivity contribution in [1.29, 1.82) is 0 Å². The lowest BCUT2D eigenvalue weighted by Crippen LogP contribution is -2.45. The Kier molecular flexibility index (Phi) is 63.9. The molecule has 0 saturated heterocycles. The maximum absolute atomic E-state index is 12.4. The second kappa shape index (κ2) is 65.6. The lowest BCUT2D eigenvalue weighted by molar-refractivity contribution is -0.143. The molecule has 3 N–H and O–H groups in total. The van der Waals surface area contributed by atoms with E-state index in [1.165, 1.54) is 302 Å². The van der Waals surface area contributed by atoms with Crippen molar-refractivity contribution in [2.45, 2.75) is 386 Å². The minimum atomic E-state index is -0.842. The number of esters is 1. The number of hydrogen-bond donors (Lipinski definition) is 3. The first-order chi connectivity index (χ1) is 37.5. The van der Waals surface area contributed by atoms with E-state index < -0.39 is 12.1 Å². The summed E-state index contributed by atoms with van der Waals surface area (Å²) in [4.78, 5) is 24.5. The molecule has 0 radical (unpaired) electrons. The average Bonchev–Trinajstić information content (AvgIpc) is 3.42. The molecule has 0 aliphatic heterocycles. The lowest BCUT2D eigenvalue weighted by Gasteiger charge is -2.20. The number of unbranched alkanes of at least 4 members (excludes halogenated alkanes) is 49. The normalized spacial score (nSPS) is 12.7. The number of carbonyl (C=O) groups excluding carboxylic acids is 2. The molecule has 6 nitrogen and oxygen atoms in total. The van der Waals surface area contributed by atoms with E-state index in [0.717, 1.165) is 44.9 Å². The van der Waals surface area contributed by atoms with Gasteiger partial charge in [-0.15, -0.1) is 0 Å². The van der Waals surface area contributed by atoms with Crippen LogP contribution in [0.5, 0.6) is 0 Å². The van der Waals surface area contributed by atoms with E-state index in [-0.39, 0.29) is 18.5 Å². The Morgan fingerprint density at radius 1 is 0.355 bits per heavy atom. The van der Waals surface area contributed by atoms with Gasteiger partial charge in [-0.3, -0.25) is 9.59 Å². The summed E-state index contributed by atoms with van der Waals surface area (Å²) in [5.74, 6) is -0.0553. The first kappa shape index (κ1) is 74.1. The molecule has 0 rings (SSSR count). The van der Waals surface area contributed by atoms with Crippen LogP contribution >= 0.6 is 0 Å². The van der Waals surface area contributed by atoms with Gasteiger partial charge in [-0.2, -0.15) is 0 Å². The molecule has 0 saturated carbocycles. The molecule has 76 heavy (non-hydrogen) atoms. The van der Waals surface area contributed by atoms with E-state index >= 15 is 0 Å². The van der Waals surface area contributed by atoms with Gasteiger partial charge in [-0.25, -0.2) is 0 Å². The van der Waals surface area contributed by atoms with Gasteiger partial charge in [0.25, 0.3) is 0 Å². The Morgan fingerprint density at radius 2 is 0.618 bits per heavy atom. The summed E-state index contributed by atoms with van der Waals surface area (Å²) in [6, 6.07) is -0.625. The highest BCUT2D eigenvalue weighted by Gasteiger charge is 2.18.